The van der Waals surface area contributed by atoms with Crippen molar-refractivity contribution in [3.05, 3.63) is 24.3 Å². The molecule has 0 amide bonds. The minimum atomic E-state index is 0.187. The van der Waals surface area contributed by atoms with Crippen molar-refractivity contribution in [2.24, 2.45) is 5.41 Å². The van der Waals surface area contributed by atoms with E-state index >= 15 is 0 Å². The van der Waals surface area contributed by atoms with Gasteiger partial charge in [0.25, 0.3) is 0 Å². The minimum absolute atomic E-state index is 0.187. The lowest BCUT2D eigenvalue weighted by molar-refractivity contribution is -0.104. The van der Waals surface area contributed by atoms with Crippen molar-refractivity contribution in [3.8, 4) is 0 Å². The largest absolute Gasteiger partial charge is 0.299 e. The third-order valence-corrected chi connectivity index (χ3v) is 2.09. The predicted molar refractivity (Wildman–Crippen MR) is 58.0 cm³/mol. The quantitative estimate of drug-likeness (QED) is 0.461. The van der Waals surface area contributed by atoms with Gasteiger partial charge in [-0.15, -0.1) is 0 Å². The molecule has 0 bridgehead atoms. The maximum atomic E-state index is 10.1. The van der Waals surface area contributed by atoms with E-state index in [9.17, 15) is 9.59 Å². The summed E-state index contributed by atoms with van der Waals surface area (Å²) < 4.78 is 0. The monoisotopic (exact) mass is 194 g/mol. The van der Waals surface area contributed by atoms with Crippen molar-refractivity contribution in [3.63, 3.8) is 0 Å². The summed E-state index contributed by atoms with van der Waals surface area (Å²) in [7, 11) is 0. The van der Waals surface area contributed by atoms with E-state index in [-0.39, 0.29) is 5.41 Å². The number of carbonyl (C=O) groups is 2. The first-order valence-electron chi connectivity index (χ1n) is 4.83. The first-order chi connectivity index (χ1) is 6.62. The van der Waals surface area contributed by atoms with Gasteiger partial charge < -0.3 is 0 Å². The average Bonchev–Trinajstić information content (AvgIpc) is 2.13. The molecule has 0 aromatic carbocycles. The summed E-state index contributed by atoms with van der Waals surface area (Å²) in [6.45, 7) is 4.30. The standard InChI is InChI=1S/C12H18O2/c1-12(2,9-5-7-11-14)8-4-3-6-10-13/h3,5-7,10-11H,4,8-9H2,1-2H3/b6-3+,7-5+. The molecule has 0 saturated heterocycles. The molecule has 0 saturated carbocycles. The van der Waals surface area contributed by atoms with Gasteiger partial charge in [-0.1, -0.05) is 26.0 Å². The molecule has 0 aliphatic heterocycles. The maximum absolute atomic E-state index is 10.1. The smallest absolute Gasteiger partial charge is 0.142 e. The normalized spacial score (nSPS) is 12.4. The SMILES string of the molecule is CC(C)(C/C=C/C=O)CC/C=C/C=O. The lowest BCUT2D eigenvalue weighted by Crippen LogP contribution is -2.09. The summed E-state index contributed by atoms with van der Waals surface area (Å²) in [4.78, 5) is 20.1. The van der Waals surface area contributed by atoms with Gasteiger partial charge in [-0.3, -0.25) is 9.59 Å². The minimum Gasteiger partial charge on any atom is -0.299 e. The molecule has 0 N–H and O–H groups in total. The average molecular weight is 194 g/mol. The molecule has 0 rings (SSSR count). The third kappa shape index (κ3) is 7.47. The zero-order valence-electron chi connectivity index (χ0n) is 8.90. The maximum Gasteiger partial charge on any atom is 0.142 e. The van der Waals surface area contributed by atoms with E-state index < -0.39 is 0 Å². The van der Waals surface area contributed by atoms with Gasteiger partial charge in [0.1, 0.15) is 12.6 Å². The molecule has 0 unspecified atom stereocenters. The van der Waals surface area contributed by atoms with Crippen LogP contribution in [0.15, 0.2) is 24.3 Å². The first-order valence-corrected chi connectivity index (χ1v) is 4.83. The molecule has 0 aliphatic rings. The Morgan fingerprint density at radius 2 is 1.57 bits per heavy atom. The zero-order chi connectivity index (χ0) is 10.9. The van der Waals surface area contributed by atoms with Crippen LogP contribution in [0, 0.1) is 5.41 Å². The second-order valence-electron chi connectivity index (χ2n) is 4.04. The third-order valence-electron chi connectivity index (χ3n) is 2.09. The Kier molecular flexibility index (Phi) is 6.63. The molecule has 0 aliphatic carbocycles. The molecule has 0 atom stereocenters. The number of carbonyl (C=O) groups excluding carboxylic acids is 2. The second kappa shape index (κ2) is 7.25. The van der Waals surface area contributed by atoms with Crippen LogP contribution in [-0.4, -0.2) is 12.6 Å². The number of hydrogen-bond donors (Lipinski definition) is 0. The fourth-order valence-corrected chi connectivity index (χ4v) is 1.17. The second-order valence-corrected chi connectivity index (χ2v) is 4.04. The lowest BCUT2D eigenvalue weighted by Gasteiger charge is -2.21. The molecule has 0 spiro atoms. The van der Waals surface area contributed by atoms with E-state index in [1.165, 1.54) is 12.2 Å². The summed E-state index contributed by atoms with van der Waals surface area (Å²) >= 11 is 0. The number of rotatable bonds is 7. The van der Waals surface area contributed by atoms with Gasteiger partial charge >= 0.3 is 0 Å². The van der Waals surface area contributed by atoms with Gasteiger partial charge in [-0.05, 0) is 36.8 Å². The highest BCUT2D eigenvalue weighted by Crippen LogP contribution is 2.27. The van der Waals surface area contributed by atoms with E-state index in [2.05, 4.69) is 13.8 Å². The van der Waals surface area contributed by atoms with E-state index in [0.717, 1.165) is 31.8 Å². The van der Waals surface area contributed by atoms with Gasteiger partial charge in [-0.25, -0.2) is 0 Å². The highest BCUT2D eigenvalue weighted by Gasteiger charge is 2.14. The molecule has 0 aromatic rings. The Morgan fingerprint density at radius 1 is 1.00 bits per heavy atom. The van der Waals surface area contributed by atoms with Crippen molar-refractivity contribution < 1.29 is 9.59 Å². The Balaban J connectivity index is 3.81. The Bertz CT molecular complexity index is 224. The summed E-state index contributed by atoms with van der Waals surface area (Å²) in [6, 6.07) is 0. The number of allylic oxidation sites excluding steroid dienone is 4. The molecular formula is C12H18O2. The summed E-state index contributed by atoms with van der Waals surface area (Å²) in [6.07, 6.45) is 11.2. The summed E-state index contributed by atoms with van der Waals surface area (Å²) in [5, 5.41) is 0. The highest BCUT2D eigenvalue weighted by atomic mass is 16.1. The van der Waals surface area contributed by atoms with E-state index in [4.69, 9.17) is 0 Å². The van der Waals surface area contributed by atoms with Crippen LogP contribution in [0.2, 0.25) is 0 Å². The molecule has 2 nitrogen and oxygen atoms in total. The molecule has 0 fully saturated rings. The van der Waals surface area contributed by atoms with Gasteiger partial charge in [0.2, 0.25) is 0 Å². The highest BCUT2D eigenvalue weighted by molar-refractivity contribution is 5.64. The van der Waals surface area contributed by atoms with Gasteiger partial charge in [0, 0.05) is 0 Å². The molecule has 0 heterocycles. The van der Waals surface area contributed by atoms with Crippen LogP contribution in [0.4, 0.5) is 0 Å². The Hall–Kier alpha value is -1.18. The number of hydrogen-bond acceptors (Lipinski definition) is 2. The fraction of sp³-hybridized carbons (Fsp3) is 0.500. The van der Waals surface area contributed by atoms with E-state index in [1.807, 2.05) is 12.2 Å². The number of aldehydes is 2. The topological polar surface area (TPSA) is 34.1 Å². The fourth-order valence-electron chi connectivity index (χ4n) is 1.17. The molecule has 14 heavy (non-hydrogen) atoms. The van der Waals surface area contributed by atoms with Crippen LogP contribution in [0.3, 0.4) is 0 Å². The van der Waals surface area contributed by atoms with Crippen LogP contribution in [0.25, 0.3) is 0 Å². The predicted octanol–water partition coefficient (Wildman–Crippen LogP) is 2.69. The Labute approximate surface area is 85.7 Å². The van der Waals surface area contributed by atoms with Crippen molar-refractivity contribution >= 4 is 12.6 Å². The van der Waals surface area contributed by atoms with Gasteiger partial charge in [0.05, 0.1) is 0 Å². The van der Waals surface area contributed by atoms with Crippen LogP contribution in [0.1, 0.15) is 33.1 Å². The van der Waals surface area contributed by atoms with Gasteiger partial charge in [-0.2, -0.15) is 0 Å². The van der Waals surface area contributed by atoms with Crippen LogP contribution < -0.4 is 0 Å². The van der Waals surface area contributed by atoms with Crippen molar-refractivity contribution in [1.29, 1.82) is 0 Å². The molecule has 78 valence electrons. The van der Waals surface area contributed by atoms with Crippen molar-refractivity contribution in [1.82, 2.24) is 0 Å². The zero-order valence-corrected chi connectivity index (χ0v) is 8.90. The summed E-state index contributed by atoms with van der Waals surface area (Å²) in [5.41, 5.74) is 0.187. The van der Waals surface area contributed by atoms with Gasteiger partial charge in [0.15, 0.2) is 0 Å². The van der Waals surface area contributed by atoms with Crippen molar-refractivity contribution in [2.45, 2.75) is 33.1 Å². The van der Waals surface area contributed by atoms with Crippen molar-refractivity contribution in [2.75, 3.05) is 0 Å². The lowest BCUT2D eigenvalue weighted by atomic mass is 9.84. The molecule has 0 aromatic heterocycles. The molecular weight excluding hydrogens is 176 g/mol. The molecule has 0 radical (unpaired) electrons. The van der Waals surface area contributed by atoms with Crippen LogP contribution in [0.5, 0.6) is 0 Å². The summed E-state index contributed by atoms with van der Waals surface area (Å²) in [5.74, 6) is 0. The molecule has 2 heteroatoms. The van der Waals surface area contributed by atoms with Crippen LogP contribution in [-0.2, 0) is 9.59 Å². The first kappa shape index (κ1) is 12.8. The van der Waals surface area contributed by atoms with E-state index in [1.54, 1.807) is 0 Å². The van der Waals surface area contributed by atoms with Crippen LogP contribution >= 0.6 is 0 Å². The van der Waals surface area contributed by atoms with E-state index in [0.29, 0.717) is 0 Å². The Morgan fingerprint density at radius 3 is 2.14 bits per heavy atom.